The van der Waals surface area contributed by atoms with Crippen LogP contribution in [0.15, 0.2) is 6.20 Å². The summed E-state index contributed by atoms with van der Waals surface area (Å²) >= 11 is 6.26. The third kappa shape index (κ3) is 3.04. The lowest BCUT2D eigenvalue weighted by Crippen LogP contribution is -2.36. The van der Waals surface area contributed by atoms with Crippen LogP contribution in [0.3, 0.4) is 0 Å². The zero-order valence-electron chi connectivity index (χ0n) is 12.7. The maximum Gasteiger partial charge on any atom is 0.162 e. The van der Waals surface area contributed by atoms with Crippen LogP contribution in [0, 0.1) is 0 Å². The van der Waals surface area contributed by atoms with Gasteiger partial charge in [0.2, 0.25) is 0 Å². The summed E-state index contributed by atoms with van der Waals surface area (Å²) < 4.78 is 1.75. The first kappa shape index (κ1) is 14.7. The Labute approximate surface area is 130 Å². The van der Waals surface area contributed by atoms with Crippen LogP contribution in [0.5, 0.6) is 0 Å². The Bertz CT molecular complexity index is 618. The summed E-state index contributed by atoms with van der Waals surface area (Å²) in [5, 5.41) is 5.53. The molecule has 0 radical (unpaired) electrons. The molecule has 2 aromatic heterocycles. The minimum absolute atomic E-state index is 0.503. The summed E-state index contributed by atoms with van der Waals surface area (Å²) in [7, 11) is 1.88. The zero-order valence-corrected chi connectivity index (χ0v) is 13.5. The van der Waals surface area contributed by atoms with Gasteiger partial charge < -0.3 is 0 Å². The van der Waals surface area contributed by atoms with Crippen molar-refractivity contribution in [2.45, 2.75) is 51.6 Å². The fraction of sp³-hybridized carbons (Fsp3) is 0.667. The number of aryl methyl sites for hydroxylation is 1. The minimum Gasteiger partial charge on any atom is -0.293 e. The molecule has 0 amide bonds. The third-order valence-electron chi connectivity index (χ3n) is 4.43. The standard InChI is InChI=1S/C15H22ClN5/c1-3-21(11-7-5-4-6-8-11)10-13-18-14(16)12-9-17-20(2)15(12)19-13/h9,11H,3-8,10H2,1-2H3. The Balaban J connectivity index is 1.83. The highest BCUT2D eigenvalue weighted by Gasteiger charge is 2.21. The quantitative estimate of drug-likeness (QED) is 0.814. The van der Waals surface area contributed by atoms with E-state index in [1.54, 1.807) is 10.9 Å². The predicted octanol–water partition coefficient (Wildman–Crippen LogP) is 3.17. The molecule has 1 saturated carbocycles. The molecule has 1 aliphatic rings. The van der Waals surface area contributed by atoms with Gasteiger partial charge in [0, 0.05) is 13.1 Å². The molecule has 0 atom stereocenters. The van der Waals surface area contributed by atoms with Gasteiger partial charge in [-0.2, -0.15) is 5.10 Å². The van der Waals surface area contributed by atoms with E-state index in [9.17, 15) is 0 Å². The van der Waals surface area contributed by atoms with Gasteiger partial charge >= 0.3 is 0 Å². The van der Waals surface area contributed by atoms with Gasteiger partial charge in [0.05, 0.1) is 18.1 Å². The molecule has 114 valence electrons. The van der Waals surface area contributed by atoms with Crippen LogP contribution in [0.4, 0.5) is 0 Å². The molecule has 2 aromatic rings. The van der Waals surface area contributed by atoms with Gasteiger partial charge in [-0.1, -0.05) is 37.8 Å². The van der Waals surface area contributed by atoms with Crippen molar-refractivity contribution in [2.24, 2.45) is 7.05 Å². The van der Waals surface area contributed by atoms with Crippen molar-refractivity contribution >= 4 is 22.6 Å². The lowest BCUT2D eigenvalue weighted by atomic mass is 9.94. The number of aromatic nitrogens is 4. The van der Waals surface area contributed by atoms with Gasteiger partial charge in [-0.25, -0.2) is 9.97 Å². The normalized spacial score (nSPS) is 17.0. The molecule has 1 fully saturated rings. The van der Waals surface area contributed by atoms with Crippen molar-refractivity contribution in [1.29, 1.82) is 0 Å². The number of hydrogen-bond donors (Lipinski definition) is 0. The Hall–Kier alpha value is -1.20. The molecular weight excluding hydrogens is 286 g/mol. The van der Waals surface area contributed by atoms with E-state index in [4.69, 9.17) is 11.6 Å². The van der Waals surface area contributed by atoms with E-state index in [1.165, 1.54) is 32.1 Å². The molecule has 0 aromatic carbocycles. The number of rotatable bonds is 4. The smallest absolute Gasteiger partial charge is 0.162 e. The van der Waals surface area contributed by atoms with Crippen LogP contribution >= 0.6 is 11.6 Å². The maximum absolute atomic E-state index is 6.26. The molecule has 3 rings (SSSR count). The topological polar surface area (TPSA) is 46.8 Å². The Kier molecular flexibility index (Phi) is 4.40. The summed E-state index contributed by atoms with van der Waals surface area (Å²) in [4.78, 5) is 11.6. The van der Waals surface area contributed by atoms with Gasteiger partial charge in [-0.3, -0.25) is 9.58 Å². The molecule has 21 heavy (non-hydrogen) atoms. The van der Waals surface area contributed by atoms with E-state index in [0.717, 1.165) is 29.9 Å². The highest BCUT2D eigenvalue weighted by atomic mass is 35.5. The molecule has 6 heteroatoms. The fourth-order valence-electron chi connectivity index (χ4n) is 3.23. The molecule has 0 N–H and O–H groups in total. The van der Waals surface area contributed by atoms with Gasteiger partial charge in [0.25, 0.3) is 0 Å². The first-order chi connectivity index (χ1) is 10.2. The van der Waals surface area contributed by atoms with Crippen molar-refractivity contribution < 1.29 is 0 Å². The van der Waals surface area contributed by atoms with Gasteiger partial charge in [-0.05, 0) is 19.4 Å². The average molecular weight is 308 g/mol. The number of nitrogens with zero attached hydrogens (tertiary/aromatic N) is 5. The van der Waals surface area contributed by atoms with Crippen molar-refractivity contribution in [2.75, 3.05) is 6.54 Å². The fourth-order valence-corrected chi connectivity index (χ4v) is 3.46. The first-order valence-corrected chi connectivity index (χ1v) is 8.15. The van der Waals surface area contributed by atoms with Crippen molar-refractivity contribution in [3.63, 3.8) is 0 Å². The Morgan fingerprint density at radius 3 is 2.76 bits per heavy atom. The summed E-state index contributed by atoms with van der Waals surface area (Å²) in [6.45, 7) is 4.00. The molecular formula is C15H22ClN5. The van der Waals surface area contributed by atoms with E-state index in [2.05, 4.69) is 26.9 Å². The molecule has 1 aliphatic carbocycles. The van der Waals surface area contributed by atoms with E-state index < -0.39 is 0 Å². The largest absolute Gasteiger partial charge is 0.293 e. The van der Waals surface area contributed by atoms with Crippen LogP contribution in [0.1, 0.15) is 44.9 Å². The molecule has 0 spiro atoms. The van der Waals surface area contributed by atoms with Crippen molar-refractivity contribution in [3.05, 3.63) is 17.2 Å². The second-order valence-electron chi connectivity index (χ2n) is 5.79. The minimum atomic E-state index is 0.503. The van der Waals surface area contributed by atoms with E-state index in [0.29, 0.717) is 11.2 Å². The first-order valence-electron chi connectivity index (χ1n) is 7.77. The lowest BCUT2D eigenvalue weighted by molar-refractivity contribution is 0.152. The lowest BCUT2D eigenvalue weighted by Gasteiger charge is -2.32. The van der Waals surface area contributed by atoms with E-state index >= 15 is 0 Å². The van der Waals surface area contributed by atoms with Crippen LogP contribution in [0.25, 0.3) is 11.0 Å². The Morgan fingerprint density at radius 2 is 2.05 bits per heavy atom. The van der Waals surface area contributed by atoms with Crippen LogP contribution < -0.4 is 0 Å². The van der Waals surface area contributed by atoms with E-state index in [1.807, 2.05) is 7.05 Å². The summed E-state index contributed by atoms with van der Waals surface area (Å²) in [5.41, 5.74) is 0.810. The second kappa shape index (κ2) is 6.28. The zero-order chi connectivity index (χ0) is 14.8. The molecule has 5 nitrogen and oxygen atoms in total. The molecule has 0 saturated heterocycles. The average Bonchev–Trinajstić information content (AvgIpc) is 2.88. The van der Waals surface area contributed by atoms with Crippen LogP contribution in [-0.2, 0) is 13.6 Å². The van der Waals surface area contributed by atoms with Crippen molar-refractivity contribution in [1.82, 2.24) is 24.6 Å². The van der Waals surface area contributed by atoms with Crippen LogP contribution in [-0.4, -0.2) is 37.2 Å². The molecule has 0 aliphatic heterocycles. The highest BCUT2D eigenvalue weighted by molar-refractivity contribution is 6.33. The number of fused-ring (bicyclic) bond motifs is 1. The predicted molar refractivity (Wildman–Crippen MR) is 84.3 cm³/mol. The number of halogens is 1. The highest BCUT2D eigenvalue weighted by Crippen LogP contribution is 2.24. The molecule has 0 unspecified atom stereocenters. The summed E-state index contributed by atoms with van der Waals surface area (Å²) in [6.07, 6.45) is 8.34. The second-order valence-corrected chi connectivity index (χ2v) is 6.15. The summed E-state index contributed by atoms with van der Waals surface area (Å²) in [6, 6.07) is 0.661. The van der Waals surface area contributed by atoms with Gasteiger partial charge in [0.1, 0.15) is 11.0 Å². The van der Waals surface area contributed by atoms with Gasteiger partial charge in [-0.15, -0.1) is 0 Å². The Morgan fingerprint density at radius 1 is 1.29 bits per heavy atom. The van der Waals surface area contributed by atoms with Crippen molar-refractivity contribution in [3.8, 4) is 0 Å². The molecule has 2 heterocycles. The third-order valence-corrected chi connectivity index (χ3v) is 4.72. The van der Waals surface area contributed by atoms with Crippen LogP contribution in [0.2, 0.25) is 5.15 Å². The van der Waals surface area contributed by atoms with E-state index in [-0.39, 0.29) is 0 Å². The molecule has 0 bridgehead atoms. The summed E-state index contributed by atoms with van der Waals surface area (Å²) in [5.74, 6) is 0.795. The maximum atomic E-state index is 6.26. The monoisotopic (exact) mass is 307 g/mol. The number of hydrogen-bond acceptors (Lipinski definition) is 4. The SMILES string of the molecule is CCN(Cc1nc(Cl)c2cnn(C)c2n1)C1CCCCC1. The van der Waals surface area contributed by atoms with Gasteiger partial charge in [0.15, 0.2) is 5.65 Å².